The Hall–Kier alpha value is -3.85. The molecule has 0 radical (unpaired) electrons. The molecule has 1 unspecified atom stereocenters. The van der Waals surface area contributed by atoms with Gasteiger partial charge in [0.15, 0.2) is 18.0 Å². The molecule has 16 heteroatoms. The quantitative estimate of drug-likeness (QED) is 0.0471. The number of aliphatic hydroxyl groups is 1. The van der Waals surface area contributed by atoms with E-state index < -0.39 is 87.1 Å². The number of carbonyl (C=O) groups is 6. The van der Waals surface area contributed by atoms with Crippen molar-refractivity contribution in [2.24, 2.45) is 28.6 Å². The lowest BCUT2D eigenvalue weighted by atomic mass is 9.46. The first-order valence-corrected chi connectivity index (χ1v) is 17.7. The topological polar surface area (TPSA) is 215 Å². The lowest BCUT2D eigenvalue weighted by molar-refractivity contribution is -0.757. The number of amides is 1. The van der Waals surface area contributed by atoms with Gasteiger partial charge in [-0.15, -0.1) is 21.7 Å². The molecule has 0 aromatic heterocycles. The molecular weight excluding hydrogens is 692 g/mol. The number of ether oxygens (including phenoxy) is 3. The summed E-state index contributed by atoms with van der Waals surface area (Å²) in [4.78, 5) is 90.4. The van der Waals surface area contributed by atoms with E-state index in [1.807, 2.05) is 13.0 Å². The summed E-state index contributed by atoms with van der Waals surface area (Å²) in [6.45, 7) is 7.05. The molecule has 0 aromatic carbocycles. The Labute approximate surface area is 300 Å². The highest BCUT2D eigenvalue weighted by Crippen LogP contribution is 2.71. The summed E-state index contributed by atoms with van der Waals surface area (Å²) >= 11 is 7.54. The van der Waals surface area contributed by atoms with Gasteiger partial charge in [-0.05, 0) is 50.0 Å². The highest BCUT2D eigenvalue weighted by Gasteiger charge is 2.76. The van der Waals surface area contributed by atoms with E-state index in [4.69, 9.17) is 25.8 Å². The average molecular weight is 739 g/mol. The average Bonchev–Trinajstić information content (AvgIpc) is 3.27. The zero-order valence-electron chi connectivity index (χ0n) is 29.6. The van der Waals surface area contributed by atoms with E-state index in [0.717, 1.165) is 12.5 Å². The fourth-order valence-corrected chi connectivity index (χ4v) is 9.59. The summed E-state index contributed by atoms with van der Waals surface area (Å²) in [5.41, 5.74) is -2.93. The lowest BCUT2D eigenvalue weighted by Crippen LogP contribution is -2.69. The number of hydrogen-bond acceptors (Lipinski definition) is 13. The number of nitrogens with one attached hydrogen (secondary N) is 1. The molecule has 0 saturated heterocycles. The van der Waals surface area contributed by atoms with Crippen LogP contribution < -0.4 is 5.32 Å². The Morgan fingerprint density at radius 3 is 2.45 bits per heavy atom. The van der Waals surface area contributed by atoms with Crippen LogP contribution in [-0.2, 0) is 47.8 Å². The number of hydrogen-bond donors (Lipinski definition) is 2. The van der Waals surface area contributed by atoms with Crippen LogP contribution >= 0.6 is 11.6 Å². The monoisotopic (exact) mass is 738 g/mol. The molecule has 2 saturated carbocycles. The zero-order chi connectivity index (χ0) is 37.9. The normalized spacial score (nSPS) is 34.1. The van der Waals surface area contributed by atoms with Gasteiger partial charge in [0, 0.05) is 36.5 Å². The van der Waals surface area contributed by atoms with Crippen LogP contribution in [0.5, 0.6) is 0 Å². The van der Waals surface area contributed by atoms with Crippen molar-refractivity contribution >= 4 is 47.0 Å². The number of nitrogens with zero attached hydrogens (tertiary/aromatic N) is 1. The number of aliphatic hydroxyl groups excluding tert-OH is 1. The molecule has 0 bridgehead atoms. The molecule has 0 heterocycles. The van der Waals surface area contributed by atoms with Gasteiger partial charge in [-0.3, -0.25) is 24.0 Å². The van der Waals surface area contributed by atoms with Crippen LogP contribution in [0.2, 0.25) is 0 Å². The highest BCUT2D eigenvalue weighted by molar-refractivity contribution is 6.26. The molecule has 282 valence electrons. The van der Waals surface area contributed by atoms with E-state index in [1.165, 1.54) is 6.08 Å². The maximum absolute atomic E-state index is 14.4. The molecule has 51 heavy (non-hydrogen) atoms. The number of unbranched alkanes of at least 4 members (excludes halogenated alkanes) is 1. The molecule has 1 amide bonds. The molecule has 15 nitrogen and oxygen atoms in total. The summed E-state index contributed by atoms with van der Waals surface area (Å²) in [6.07, 6.45) is 4.83. The third kappa shape index (κ3) is 7.28. The molecule has 4 rings (SSSR count). The number of halogens is 1. The van der Waals surface area contributed by atoms with E-state index >= 15 is 0 Å². The minimum absolute atomic E-state index is 0.0159. The summed E-state index contributed by atoms with van der Waals surface area (Å²) < 4.78 is 16.6. The molecular formula is C35H47ClN2O13. The Bertz CT molecular complexity index is 1510. The number of carbonyl (C=O) groups excluding carboxylic acids is 6. The van der Waals surface area contributed by atoms with Crippen LogP contribution in [-0.4, -0.2) is 88.0 Å². The summed E-state index contributed by atoms with van der Waals surface area (Å²) in [5.74, 6) is -5.24. The smallest absolute Gasteiger partial charge is 0.329 e. The van der Waals surface area contributed by atoms with Crippen LogP contribution in [0.25, 0.3) is 0 Å². The van der Waals surface area contributed by atoms with Crippen LogP contribution in [0.15, 0.2) is 23.8 Å². The van der Waals surface area contributed by atoms with Crippen molar-refractivity contribution in [3.8, 4) is 0 Å². The Balaban J connectivity index is 1.53. The van der Waals surface area contributed by atoms with Crippen molar-refractivity contribution < 1.29 is 58.0 Å². The van der Waals surface area contributed by atoms with E-state index in [1.54, 1.807) is 26.8 Å². The number of allylic oxidation sites excluding steroid dienone is 4. The summed E-state index contributed by atoms with van der Waals surface area (Å²) in [7, 11) is 0. The van der Waals surface area contributed by atoms with Gasteiger partial charge in [0.1, 0.15) is 6.04 Å². The van der Waals surface area contributed by atoms with Gasteiger partial charge in [0.2, 0.25) is 11.7 Å². The third-order valence-corrected chi connectivity index (χ3v) is 12.4. The molecule has 0 aliphatic heterocycles. The second kappa shape index (κ2) is 15.4. The first-order chi connectivity index (χ1) is 23.9. The fourth-order valence-electron chi connectivity index (χ4n) is 9.09. The number of Topliss-reactive ketones (excluding diaryl/α,β-unsaturated/α-hetero) is 1. The molecule has 4 aliphatic carbocycles. The largest absolute Gasteiger partial charge is 0.464 e. The van der Waals surface area contributed by atoms with Crippen LogP contribution in [0.1, 0.15) is 86.0 Å². The number of rotatable bonds is 15. The predicted octanol–water partition coefficient (Wildman–Crippen LogP) is 3.10. The van der Waals surface area contributed by atoms with Gasteiger partial charge in [-0.1, -0.05) is 45.4 Å². The van der Waals surface area contributed by atoms with Gasteiger partial charge in [0.05, 0.1) is 30.6 Å². The van der Waals surface area contributed by atoms with Crippen molar-refractivity contribution in [2.45, 2.75) is 109 Å². The Morgan fingerprint density at radius 2 is 1.80 bits per heavy atom. The first kappa shape index (κ1) is 39.9. The van der Waals surface area contributed by atoms with Crippen molar-refractivity contribution in [1.29, 1.82) is 0 Å². The van der Waals surface area contributed by atoms with E-state index in [9.17, 15) is 44.0 Å². The maximum Gasteiger partial charge on any atom is 0.329 e. The van der Waals surface area contributed by atoms with Crippen molar-refractivity contribution in [2.75, 3.05) is 19.8 Å². The summed E-state index contributed by atoms with van der Waals surface area (Å²) in [5, 5.41) is 23.6. The first-order valence-electron chi connectivity index (χ1n) is 17.3. The number of esters is 3. The van der Waals surface area contributed by atoms with Gasteiger partial charge in [-0.2, -0.15) is 0 Å². The van der Waals surface area contributed by atoms with Gasteiger partial charge >= 0.3 is 17.9 Å². The number of ketones is 2. The SMILES string of the molecule is CCC(=O)O[C@]1(C(=O)COC(=O)CC(NC(C)=O)C(=O)OCCCCO[N+](=O)[O-])[C@@H](C)C[C@H]2[C@@H]3CC=C4CC(=O)C=C[C@]4(C)[C@@]3(Cl)[C@@H](O)C[C@@]21C. The van der Waals surface area contributed by atoms with Crippen LogP contribution in [0.4, 0.5) is 0 Å². The molecule has 0 aromatic rings. The third-order valence-electron chi connectivity index (χ3n) is 11.5. The highest BCUT2D eigenvalue weighted by atomic mass is 35.5. The summed E-state index contributed by atoms with van der Waals surface area (Å²) in [6, 6.07) is -1.45. The standard InChI is InChI=1S/C35H47ClN2O13/c1-6-29(43)51-35(28(42)19-49-30(44)17-26(37-21(3)39)31(45)48-13-7-8-14-50-38(46)47)20(2)15-25-24-10-9-22-16-23(40)11-12-32(22,4)34(24,36)27(41)18-33(25,35)5/h9,11-12,20,24-27,41H,6-8,10,13-19H2,1-5H3,(H,37,39)/t20-,24-,25-,26?,27-,32-,33-,34-,35-/m0/s1. The second-order valence-corrected chi connectivity index (χ2v) is 15.1. The lowest BCUT2D eigenvalue weighted by Gasteiger charge is -2.63. The van der Waals surface area contributed by atoms with E-state index in [-0.39, 0.29) is 62.9 Å². The van der Waals surface area contributed by atoms with E-state index in [0.29, 0.717) is 12.8 Å². The molecule has 9 atom stereocenters. The van der Waals surface area contributed by atoms with Crippen LogP contribution in [0.3, 0.4) is 0 Å². The Kier molecular flexibility index (Phi) is 12.1. The Morgan fingerprint density at radius 1 is 1.12 bits per heavy atom. The van der Waals surface area contributed by atoms with Crippen molar-refractivity contribution in [1.82, 2.24) is 5.32 Å². The minimum Gasteiger partial charge on any atom is -0.464 e. The van der Waals surface area contributed by atoms with Gasteiger partial charge < -0.3 is 29.5 Å². The number of fused-ring (bicyclic) bond motifs is 5. The van der Waals surface area contributed by atoms with Crippen LogP contribution in [0, 0.1) is 38.7 Å². The zero-order valence-corrected chi connectivity index (χ0v) is 30.3. The predicted molar refractivity (Wildman–Crippen MR) is 178 cm³/mol. The van der Waals surface area contributed by atoms with Gasteiger partial charge in [-0.25, -0.2) is 4.79 Å². The van der Waals surface area contributed by atoms with Gasteiger partial charge in [0.25, 0.3) is 5.09 Å². The molecule has 0 spiro atoms. The number of alkyl halides is 1. The minimum atomic E-state index is -1.80. The van der Waals surface area contributed by atoms with E-state index in [2.05, 4.69) is 10.2 Å². The van der Waals surface area contributed by atoms with Crippen molar-refractivity contribution in [3.63, 3.8) is 0 Å². The fraction of sp³-hybridized carbons (Fsp3) is 0.714. The molecule has 2 fully saturated rings. The molecule has 2 N–H and O–H groups in total. The maximum atomic E-state index is 14.4. The molecule has 4 aliphatic rings. The van der Waals surface area contributed by atoms with Crippen molar-refractivity contribution in [3.05, 3.63) is 33.9 Å². The second-order valence-electron chi connectivity index (χ2n) is 14.4.